The van der Waals surface area contributed by atoms with Gasteiger partial charge in [0.1, 0.15) is 11.9 Å². The van der Waals surface area contributed by atoms with E-state index in [9.17, 15) is 9.18 Å². The first-order valence-electron chi connectivity index (χ1n) is 6.37. The van der Waals surface area contributed by atoms with Crippen LogP contribution in [0.3, 0.4) is 0 Å². The number of rotatable bonds is 3. The summed E-state index contributed by atoms with van der Waals surface area (Å²) in [5, 5.41) is 0. The van der Waals surface area contributed by atoms with E-state index in [4.69, 9.17) is 4.74 Å². The number of carbonyl (C=O) groups excluding carboxylic acids is 1. The number of halogens is 2. The average molecular weight is 330 g/mol. The monoisotopic (exact) mass is 329 g/mol. The van der Waals surface area contributed by atoms with Crippen molar-refractivity contribution in [1.82, 2.24) is 4.90 Å². The summed E-state index contributed by atoms with van der Waals surface area (Å²) in [5.41, 5.74) is 0.602. The van der Waals surface area contributed by atoms with Gasteiger partial charge in [-0.15, -0.1) is 0 Å². The molecule has 1 aliphatic rings. The number of methoxy groups -OCH3 is 1. The Balaban J connectivity index is 2.15. The van der Waals surface area contributed by atoms with Crippen molar-refractivity contribution in [3.63, 3.8) is 0 Å². The van der Waals surface area contributed by atoms with E-state index in [0.29, 0.717) is 12.1 Å². The van der Waals surface area contributed by atoms with Crippen LogP contribution in [-0.4, -0.2) is 30.6 Å². The van der Waals surface area contributed by atoms with Crippen LogP contribution in [0.15, 0.2) is 22.7 Å². The number of piperidine rings is 1. The van der Waals surface area contributed by atoms with Crippen LogP contribution in [0.5, 0.6) is 0 Å². The molecule has 1 aromatic rings. The lowest BCUT2D eigenvalue weighted by atomic mass is 10.0. The fourth-order valence-corrected chi connectivity index (χ4v) is 2.87. The summed E-state index contributed by atoms with van der Waals surface area (Å²) in [5.74, 6) is -0.465. The van der Waals surface area contributed by atoms with Crippen molar-refractivity contribution in [2.24, 2.45) is 0 Å². The molecule has 1 saturated heterocycles. The van der Waals surface area contributed by atoms with Crippen molar-refractivity contribution in [3.8, 4) is 0 Å². The topological polar surface area (TPSA) is 29.5 Å². The lowest BCUT2D eigenvalue weighted by Crippen LogP contribution is -2.44. The predicted molar refractivity (Wildman–Crippen MR) is 74.2 cm³/mol. The Kier molecular flexibility index (Phi) is 4.93. The molecule has 1 aliphatic heterocycles. The molecular weight excluding hydrogens is 313 g/mol. The molecule has 0 bridgehead atoms. The first kappa shape index (κ1) is 14.5. The predicted octanol–water partition coefficient (Wildman–Crippen LogP) is 3.12. The number of carbonyl (C=O) groups is 1. The standard InChI is InChI=1S/C14H17BrFNO2/c1-19-14(18)13-4-2-3-7-17(13)9-10-8-11(15)5-6-12(10)16/h5-6,8,13H,2-4,7,9H2,1H3. The van der Waals surface area contributed by atoms with E-state index in [2.05, 4.69) is 15.9 Å². The van der Waals surface area contributed by atoms with Crippen LogP contribution >= 0.6 is 15.9 Å². The van der Waals surface area contributed by atoms with Crippen molar-refractivity contribution in [3.05, 3.63) is 34.1 Å². The van der Waals surface area contributed by atoms with Crippen LogP contribution in [0, 0.1) is 5.82 Å². The number of ether oxygens (including phenoxy) is 1. The Labute approximate surface area is 120 Å². The number of hydrogen-bond donors (Lipinski definition) is 0. The molecule has 1 fully saturated rings. The second-order valence-electron chi connectivity index (χ2n) is 4.74. The fourth-order valence-electron chi connectivity index (χ4n) is 2.47. The summed E-state index contributed by atoms with van der Waals surface area (Å²) in [7, 11) is 1.40. The van der Waals surface area contributed by atoms with E-state index in [-0.39, 0.29) is 17.8 Å². The highest BCUT2D eigenvalue weighted by Gasteiger charge is 2.29. The van der Waals surface area contributed by atoms with Crippen LogP contribution in [0.4, 0.5) is 4.39 Å². The summed E-state index contributed by atoms with van der Waals surface area (Å²) in [6.45, 7) is 1.23. The number of likely N-dealkylation sites (tertiary alicyclic amines) is 1. The molecule has 0 saturated carbocycles. The lowest BCUT2D eigenvalue weighted by molar-refractivity contribution is -0.148. The van der Waals surface area contributed by atoms with Crippen LogP contribution < -0.4 is 0 Å². The van der Waals surface area contributed by atoms with E-state index in [1.54, 1.807) is 12.1 Å². The maximum Gasteiger partial charge on any atom is 0.323 e. The normalized spacial score (nSPS) is 20.3. The summed E-state index contributed by atoms with van der Waals surface area (Å²) >= 11 is 3.34. The zero-order valence-electron chi connectivity index (χ0n) is 10.9. The van der Waals surface area contributed by atoms with Crippen molar-refractivity contribution in [2.45, 2.75) is 31.8 Å². The van der Waals surface area contributed by atoms with Gasteiger partial charge in [0, 0.05) is 16.6 Å². The van der Waals surface area contributed by atoms with Crippen LogP contribution in [0.25, 0.3) is 0 Å². The van der Waals surface area contributed by atoms with Gasteiger partial charge in [-0.3, -0.25) is 9.69 Å². The molecule has 1 heterocycles. The van der Waals surface area contributed by atoms with Crippen molar-refractivity contribution >= 4 is 21.9 Å². The molecule has 0 aromatic heterocycles. The minimum atomic E-state index is -0.253. The van der Waals surface area contributed by atoms with Gasteiger partial charge in [0.2, 0.25) is 0 Å². The van der Waals surface area contributed by atoms with Crippen molar-refractivity contribution < 1.29 is 13.9 Å². The van der Waals surface area contributed by atoms with Gasteiger partial charge in [-0.05, 0) is 37.6 Å². The van der Waals surface area contributed by atoms with E-state index in [1.165, 1.54) is 13.2 Å². The van der Waals surface area contributed by atoms with Crippen LogP contribution in [0.2, 0.25) is 0 Å². The maximum atomic E-state index is 13.8. The average Bonchev–Trinajstić information content (AvgIpc) is 2.42. The third-order valence-electron chi connectivity index (χ3n) is 3.47. The Morgan fingerprint density at radius 1 is 1.53 bits per heavy atom. The molecule has 3 nitrogen and oxygen atoms in total. The summed E-state index contributed by atoms with van der Waals surface area (Å²) in [4.78, 5) is 13.8. The highest BCUT2D eigenvalue weighted by Crippen LogP contribution is 2.23. The molecular formula is C14H17BrFNO2. The van der Waals surface area contributed by atoms with Gasteiger partial charge in [-0.1, -0.05) is 22.4 Å². The molecule has 0 amide bonds. The molecule has 1 atom stereocenters. The largest absolute Gasteiger partial charge is 0.468 e. The van der Waals surface area contributed by atoms with Gasteiger partial charge in [0.25, 0.3) is 0 Å². The summed E-state index contributed by atoms with van der Waals surface area (Å²) in [6.07, 6.45) is 2.82. The van der Waals surface area contributed by atoms with Crippen LogP contribution in [0.1, 0.15) is 24.8 Å². The van der Waals surface area contributed by atoms with Gasteiger partial charge < -0.3 is 4.74 Å². The Morgan fingerprint density at radius 3 is 3.05 bits per heavy atom. The smallest absolute Gasteiger partial charge is 0.323 e. The molecule has 0 radical (unpaired) electrons. The van der Waals surface area contributed by atoms with Gasteiger partial charge in [0.15, 0.2) is 0 Å². The zero-order chi connectivity index (χ0) is 13.8. The molecule has 104 valence electrons. The highest BCUT2D eigenvalue weighted by atomic mass is 79.9. The minimum Gasteiger partial charge on any atom is -0.468 e. The SMILES string of the molecule is COC(=O)C1CCCCN1Cc1cc(Br)ccc1F. The summed E-state index contributed by atoms with van der Waals surface area (Å²) < 4.78 is 19.4. The minimum absolute atomic E-state index is 0.227. The van der Waals surface area contributed by atoms with Gasteiger partial charge >= 0.3 is 5.97 Å². The van der Waals surface area contributed by atoms with Crippen molar-refractivity contribution in [2.75, 3.05) is 13.7 Å². The molecule has 19 heavy (non-hydrogen) atoms. The van der Waals surface area contributed by atoms with Gasteiger partial charge in [0.05, 0.1) is 7.11 Å². The third-order valence-corrected chi connectivity index (χ3v) is 3.96. The Bertz CT molecular complexity index is 467. The lowest BCUT2D eigenvalue weighted by Gasteiger charge is -2.33. The summed E-state index contributed by atoms with van der Waals surface area (Å²) in [6, 6.07) is 4.62. The van der Waals surface area contributed by atoms with E-state index >= 15 is 0 Å². The van der Waals surface area contributed by atoms with E-state index < -0.39 is 0 Å². The van der Waals surface area contributed by atoms with Crippen molar-refractivity contribution in [1.29, 1.82) is 0 Å². The Morgan fingerprint density at radius 2 is 2.32 bits per heavy atom. The molecule has 0 aliphatic carbocycles. The number of esters is 1. The highest BCUT2D eigenvalue weighted by molar-refractivity contribution is 9.10. The zero-order valence-corrected chi connectivity index (χ0v) is 12.5. The number of nitrogens with zero attached hydrogens (tertiary/aromatic N) is 1. The van der Waals surface area contributed by atoms with E-state index in [1.807, 2.05) is 4.90 Å². The van der Waals surface area contributed by atoms with Gasteiger partial charge in [-0.25, -0.2) is 4.39 Å². The third kappa shape index (κ3) is 3.54. The first-order chi connectivity index (χ1) is 9.11. The molecule has 5 heteroatoms. The first-order valence-corrected chi connectivity index (χ1v) is 7.17. The fraction of sp³-hybridized carbons (Fsp3) is 0.500. The second kappa shape index (κ2) is 6.48. The number of hydrogen-bond acceptors (Lipinski definition) is 3. The molecule has 2 rings (SSSR count). The quantitative estimate of drug-likeness (QED) is 0.798. The molecule has 1 unspecified atom stereocenters. The van der Waals surface area contributed by atoms with Crippen LogP contribution in [-0.2, 0) is 16.1 Å². The van der Waals surface area contributed by atoms with Gasteiger partial charge in [-0.2, -0.15) is 0 Å². The second-order valence-corrected chi connectivity index (χ2v) is 5.66. The Hall–Kier alpha value is -0.940. The number of benzene rings is 1. The molecule has 1 aromatic carbocycles. The maximum absolute atomic E-state index is 13.8. The molecule has 0 N–H and O–H groups in total. The van der Waals surface area contributed by atoms with E-state index in [0.717, 1.165) is 30.3 Å². The molecule has 0 spiro atoms.